The Morgan fingerprint density at radius 1 is 0.640 bits per heavy atom. The normalized spacial score (nSPS) is 6.08. The Bertz CT molecular complexity index is 329. The molecular formula is C6H10Ca3O12Si4. The van der Waals surface area contributed by atoms with Gasteiger partial charge in [0, 0.05) is 31.6 Å². The van der Waals surface area contributed by atoms with Crippen LogP contribution < -0.4 is 28.8 Å². The first-order valence-electron chi connectivity index (χ1n) is 4.66. The summed E-state index contributed by atoms with van der Waals surface area (Å²) < 4.78 is 44.3. The molecule has 0 spiro atoms. The van der Waals surface area contributed by atoms with E-state index in [2.05, 4.69) is 22.0 Å². The zero-order valence-corrected chi connectivity index (χ0v) is 23.6. The van der Waals surface area contributed by atoms with Gasteiger partial charge in [-0.25, -0.2) is 0 Å². The molecule has 0 unspecified atom stereocenters. The van der Waals surface area contributed by atoms with Crippen molar-refractivity contribution in [1.29, 1.82) is 0 Å². The second-order valence-corrected chi connectivity index (χ2v) is 4.78. The summed E-state index contributed by atoms with van der Waals surface area (Å²) in [5, 5.41) is 0. The van der Waals surface area contributed by atoms with Crippen LogP contribution in [0, 0.1) is 0 Å². The van der Waals surface area contributed by atoms with E-state index in [4.69, 9.17) is 28.1 Å². The number of hydrogen-bond acceptors (Lipinski definition) is 12. The standard InChI is InChI=1S/2C3H5O3Si.3Ca.2O3Si/c2*1-2-3-6-7(4)5;;;;2*1-4(2)3/h2*2H,1,3H2;;;;;/q2*-1;3*+2;2*-2. The van der Waals surface area contributed by atoms with E-state index in [1.165, 1.54) is 12.2 Å². The molecule has 12 nitrogen and oxygen atoms in total. The molecule has 0 heterocycles. The molecule has 0 aromatic rings. The molecule has 19 heteroatoms. The fourth-order valence-corrected chi connectivity index (χ4v) is 0.762. The first-order valence-corrected chi connectivity index (χ1v) is 9.56. The summed E-state index contributed by atoms with van der Waals surface area (Å²) >= 11 is 0. The molecule has 0 bridgehead atoms. The molecule has 0 aromatic heterocycles. The van der Waals surface area contributed by atoms with Gasteiger partial charge in [-0.15, -0.1) is 13.2 Å². The summed E-state index contributed by atoms with van der Waals surface area (Å²) in [4.78, 5) is 53.2. The van der Waals surface area contributed by atoms with E-state index in [9.17, 15) is 18.5 Å². The van der Waals surface area contributed by atoms with Crippen LogP contribution in [0.4, 0.5) is 0 Å². The second-order valence-electron chi connectivity index (χ2n) is 2.20. The molecule has 0 radical (unpaired) electrons. The summed E-state index contributed by atoms with van der Waals surface area (Å²) in [7, 11) is -13.2. The average Bonchev–Trinajstić information content (AvgIpc) is 2.33. The molecule has 0 fully saturated rings. The van der Waals surface area contributed by atoms with E-state index in [1.807, 2.05) is 0 Å². The maximum atomic E-state index is 9.56. The third kappa shape index (κ3) is 153. The monoisotopic (exact) mass is 506 g/mol. The maximum absolute atomic E-state index is 9.56. The third-order valence-corrected chi connectivity index (χ3v) is 1.44. The Kier molecular flexibility index (Phi) is 73.5. The van der Waals surface area contributed by atoms with Crippen molar-refractivity contribution in [3.63, 3.8) is 0 Å². The van der Waals surface area contributed by atoms with Gasteiger partial charge in [-0.05, 0) is 0 Å². The van der Waals surface area contributed by atoms with E-state index < -0.39 is 36.7 Å². The fourth-order valence-electron chi connectivity index (χ4n) is 0.254. The van der Waals surface area contributed by atoms with Crippen LogP contribution in [0.1, 0.15) is 0 Å². The smallest absolute Gasteiger partial charge is 0.672 e. The van der Waals surface area contributed by atoms with Gasteiger partial charge in [0.05, 0.1) is 0 Å². The molecule has 0 aliphatic heterocycles. The van der Waals surface area contributed by atoms with Crippen LogP contribution in [0.2, 0.25) is 0 Å². The summed E-state index contributed by atoms with van der Waals surface area (Å²) in [5.74, 6) is 0. The van der Waals surface area contributed by atoms with E-state index in [1.54, 1.807) is 0 Å². The molecule has 0 saturated heterocycles. The zero-order chi connectivity index (χ0) is 18.6. The Labute approximate surface area is 239 Å². The molecule has 128 valence electrons. The maximum Gasteiger partial charge on any atom is 2.00 e. The van der Waals surface area contributed by atoms with Crippen LogP contribution in [0.15, 0.2) is 25.3 Å². The van der Waals surface area contributed by atoms with Crippen LogP contribution >= 0.6 is 0 Å². The molecule has 0 rings (SSSR count). The van der Waals surface area contributed by atoms with Gasteiger partial charge >= 0.3 is 132 Å². The van der Waals surface area contributed by atoms with Gasteiger partial charge in [0.25, 0.3) is 0 Å². The van der Waals surface area contributed by atoms with E-state index >= 15 is 0 Å². The first kappa shape index (κ1) is 45.5. The van der Waals surface area contributed by atoms with Crippen molar-refractivity contribution in [3.8, 4) is 0 Å². The minimum Gasteiger partial charge on any atom is -0.672 e. The summed E-state index contributed by atoms with van der Waals surface area (Å²) in [6.07, 6.45) is 2.75. The van der Waals surface area contributed by atoms with Crippen molar-refractivity contribution >= 4 is 150 Å². The van der Waals surface area contributed by atoms with Crippen molar-refractivity contribution in [2.75, 3.05) is 13.2 Å². The molecule has 0 amide bonds. The van der Waals surface area contributed by atoms with E-state index in [-0.39, 0.29) is 126 Å². The van der Waals surface area contributed by atoms with Crippen LogP contribution in [0.25, 0.3) is 0 Å². The van der Waals surface area contributed by atoms with Gasteiger partial charge < -0.3 is 55.5 Å². The Morgan fingerprint density at radius 3 is 0.840 bits per heavy atom. The van der Waals surface area contributed by atoms with Crippen LogP contribution in [0.5, 0.6) is 0 Å². The molecule has 0 aromatic carbocycles. The predicted molar refractivity (Wildman–Crippen MR) is 75.3 cm³/mol. The SMILES string of the molecule is C=CCO[Si](=O)[O-].C=CCO[Si](=O)[O-].O=[Si]([O-])[O-].O=[Si]([O-])[O-].[Ca+2].[Ca+2].[Ca+2]. The molecule has 0 aliphatic carbocycles. The Hall–Kier alpha value is 1.73. The van der Waals surface area contributed by atoms with Crippen LogP contribution in [0.3, 0.4) is 0 Å². The zero-order valence-electron chi connectivity index (χ0n) is 13.0. The Morgan fingerprint density at radius 2 is 0.800 bits per heavy atom. The first-order chi connectivity index (χ1) is 10.0. The molecule has 0 aliphatic rings. The van der Waals surface area contributed by atoms with Crippen molar-refractivity contribution in [1.82, 2.24) is 0 Å². The van der Waals surface area contributed by atoms with Crippen molar-refractivity contribution in [2.45, 2.75) is 0 Å². The van der Waals surface area contributed by atoms with Crippen molar-refractivity contribution in [3.05, 3.63) is 25.3 Å². The largest absolute Gasteiger partial charge is 2.00 e. The predicted octanol–water partition coefficient (Wildman–Crippen LogP) is -8.97. The van der Waals surface area contributed by atoms with Gasteiger partial charge in [-0.2, -0.15) is 0 Å². The van der Waals surface area contributed by atoms with Crippen molar-refractivity contribution < 1.29 is 55.5 Å². The summed E-state index contributed by atoms with van der Waals surface area (Å²) in [5.41, 5.74) is 0. The topological polar surface area (TPSA) is 225 Å². The quantitative estimate of drug-likeness (QED) is 0.242. The van der Waals surface area contributed by atoms with Crippen molar-refractivity contribution in [2.24, 2.45) is 0 Å². The van der Waals surface area contributed by atoms with E-state index in [0.29, 0.717) is 0 Å². The molecule has 25 heavy (non-hydrogen) atoms. The minimum atomic E-state index is -3.63. The van der Waals surface area contributed by atoms with E-state index in [0.717, 1.165) is 0 Å². The van der Waals surface area contributed by atoms with Crippen LogP contribution in [-0.2, 0) is 26.7 Å². The molecular weight excluding hydrogens is 497 g/mol. The average molecular weight is 507 g/mol. The molecule has 0 saturated carbocycles. The van der Waals surface area contributed by atoms with Gasteiger partial charge in [0.2, 0.25) is 0 Å². The minimum absolute atomic E-state index is 0. The Balaban J connectivity index is -0.0000000343. The number of hydrogen-bond donors (Lipinski definition) is 0. The van der Waals surface area contributed by atoms with Crippen LogP contribution in [-0.4, -0.2) is 163 Å². The fraction of sp³-hybridized carbons (Fsp3) is 0.333. The summed E-state index contributed by atoms with van der Waals surface area (Å²) in [6, 6.07) is 0. The van der Waals surface area contributed by atoms with Gasteiger partial charge in [0.15, 0.2) is 0 Å². The van der Waals surface area contributed by atoms with Gasteiger partial charge in [0.1, 0.15) is 0 Å². The molecule has 0 atom stereocenters. The molecule has 0 N–H and O–H groups in total. The van der Waals surface area contributed by atoms with Gasteiger partial charge in [-0.1, -0.05) is 12.2 Å². The third-order valence-electron chi connectivity index (χ3n) is 0.638. The number of rotatable bonds is 6. The summed E-state index contributed by atoms with van der Waals surface area (Å²) in [6.45, 7) is 6.66. The van der Waals surface area contributed by atoms with Gasteiger partial charge in [-0.3, -0.25) is 0 Å². The second kappa shape index (κ2) is 40.4.